The summed E-state index contributed by atoms with van der Waals surface area (Å²) < 4.78 is 1.65. The van der Waals surface area contributed by atoms with Crippen LogP contribution in [-0.4, -0.2) is 43.4 Å². The second kappa shape index (κ2) is 6.07. The standard InChI is InChI=1S/C20H17N5O2/c26-11-15-10-25-19(20(27)23-15)9-18(24-25)14-4-6-22-17(8-14)12-1-2-16-13(7-12)3-5-21-16/h1-9,15,21,26H,10-11H2,(H,23,27). The number of rotatable bonds is 3. The topological polar surface area (TPSA) is 95.8 Å². The van der Waals surface area contributed by atoms with Crippen molar-refractivity contribution in [1.29, 1.82) is 0 Å². The van der Waals surface area contributed by atoms with Crippen molar-refractivity contribution < 1.29 is 9.90 Å². The van der Waals surface area contributed by atoms with E-state index in [1.54, 1.807) is 16.9 Å². The Morgan fingerprint density at radius 3 is 2.89 bits per heavy atom. The van der Waals surface area contributed by atoms with Gasteiger partial charge in [-0.25, -0.2) is 0 Å². The van der Waals surface area contributed by atoms with Gasteiger partial charge in [0.1, 0.15) is 5.69 Å². The van der Waals surface area contributed by atoms with E-state index in [-0.39, 0.29) is 18.6 Å². The van der Waals surface area contributed by atoms with Crippen LogP contribution in [0.5, 0.6) is 0 Å². The van der Waals surface area contributed by atoms with Crippen LogP contribution in [0.2, 0.25) is 0 Å². The molecule has 1 aliphatic heterocycles. The number of aliphatic hydroxyl groups excluding tert-OH is 1. The lowest BCUT2D eigenvalue weighted by atomic mass is 10.1. The number of carbonyl (C=O) groups excluding carboxylic acids is 1. The molecule has 0 saturated carbocycles. The molecule has 1 atom stereocenters. The van der Waals surface area contributed by atoms with Gasteiger partial charge < -0.3 is 15.4 Å². The van der Waals surface area contributed by atoms with Crippen molar-refractivity contribution in [2.24, 2.45) is 0 Å². The zero-order valence-electron chi connectivity index (χ0n) is 14.4. The van der Waals surface area contributed by atoms with Gasteiger partial charge in [-0.05, 0) is 36.4 Å². The Labute approximate surface area is 154 Å². The first-order valence-corrected chi connectivity index (χ1v) is 8.75. The van der Waals surface area contributed by atoms with E-state index >= 15 is 0 Å². The summed E-state index contributed by atoms with van der Waals surface area (Å²) in [7, 11) is 0. The molecule has 4 aromatic rings. The fourth-order valence-corrected chi connectivity index (χ4v) is 3.46. The van der Waals surface area contributed by atoms with E-state index in [9.17, 15) is 9.90 Å². The molecule has 27 heavy (non-hydrogen) atoms. The van der Waals surface area contributed by atoms with Crippen molar-refractivity contribution in [2.45, 2.75) is 12.6 Å². The fraction of sp³-hybridized carbons (Fsp3) is 0.150. The molecule has 1 unspecified atom stereocenters. The fourth-order valence-electron chi connectivity index (χ4n) is 3.46. The molecular formula is C20H17N5O2. The minimum atomic E-state index is -0.307. The van der Waals surface area contributed by atoms with E-state index in [4.69, 9.17) is 0 Å². The summed E-state index contributed by atoms with van der Waals surface area (Å²) in [6.45, 7) is 0.348. The first-order valence-electron chi connectivity index (χ1n) is 8.75. The summed E-state index contributed by atoms with van der Waals surface area (Å²) in [5.74, 6) is -0.216. The van der Waals surface area contributed by atoms with Crippen molar-refractivity contribution in [3.63, 3.8) is 0 Å². The molecule has 3 N–H and O–H groups in total. The zero-order chi connectivity index (χ0) is 18.4. The molecule has 0 aliphatic carbocycles. The maximum Gasteiger partial charge on any atom is 0.269 e. The Balaban J connectivity index is 1.53. The van der Waals surface area contributed by atoms with Gasteiger partial charge in [0, 0.05) is 34.4 Å². The third kappa shape index (κ3) is 2.69. The maximum absolute atomic E-state index is 12.2. The summed E-state index contributed by atoms with van der Waals surface area (Å²) in [5, 5.41) is 17.8. The lowest BCUT2D eigenvalue weighted by Gasteiger charge is -2.22. The molecule has 1 amide bonds. The van der Waals surface area contributed by atoms with Gasteiger partial charge in [-0.1, -0.05) is 6.07 Å². The van der Waals surface area contributed by atoms with E-state index in [2.05, 4.69) is 26.4 Å². The molecular weight excluding hydrogens is 342 g/mol. The lowest BCUT2D eigenvalue weighted by molar-refractivity contribution is 0.0863. The Hall–Kier alpha value is -3.45. The number of nitrogens with zero attached hydrogens (tertiary/aromatic N) is 3. The number of nitrogens with one attached hydrogen (secondary N) is 2. The summed E-state index contributed by atoms with van der Waals surface area (Å²) in [6, 6.07) is 13.5. The van der Waals surface area contributed by atoms with Crippen LogP contribution in [0.15, 0.2) is 54.9 Å². The third-order valence-electron chi connectivity index (χ3n) is 4.87. The van der Waals surface area contributed by atoms with Crippen LogP contribution in [0.4, 0.5) is 0 Å². The van der Waals surface area contributed by atoms with Crippen molar-refractivity contribution in [2.75, 3.05) is 6.61 Å². The third-order valence-corrected chi connectivity index (χ3v) is 4.87. The molecule has 4 heterocycles. The smallest absolute Gasteiger partial charge is 0.269 e. The maximum atomic E-state index is 12.2. The molecule has 7 nitrogen and oxygen atoms in total. The number of pyridine rings is 1. The van der Waals surface area contributed by atoms with Crippen LogP contribution in [0.3, 0.4) is 0 Å². The number of aromatic amines is 1. The Morgan fingerprint density at radius 2 is 2.00 bits per heavy atom. The summed E-state index contributed by atoms with van der Waals surface area (Å²) in [4.78, 5) is 19.9. The highest BCUT2D eigenvalue weighted by atomic mass is 16.3. The molecule has 134 valence electrons. The molecule has 1 aromatic carbocycles. The largest absolute Gasteiger partial charge is 0.394 e. The zero-order valence-corrected chi connectivity index (χ0v) is 14.4. The first kappa shape index (κ1) is 15.8. The van der Waals surface area contributed by atoms with Gasteiger partial charge in [-0.2, -0.15) is 5.10 Å². The van der Waals surface area contributed by atoms with Crippen LogP contribution in [0, 0.1) is 0 Å². The Morgan fingerprint density at radius 1 is 1.11 bits per heavy atom. The highest BCUT2D eigenvalue weighted by Crippen LogP contribution is 2.27. The molecule has 0 fully saturated rings. The number of H-pyrrole nitrogens is 1. The van der Waals surface area contributed by atoms with Crippen LogP contribution < -0.4 is 5.32 Å². The molecule has 5 rings (SSSR count). The van der Waals surface area contributed by atoms with Gasteiger partial charge in [0.15, 0.2) is 0 Å². The number of hydrogen-bond donors (Lipinski definition) is 3. The molecule has 7 heteroatoms. The second-order valence-electron chi connectivity index (χ2n) is 6.66. The summed E-state index contributed by atoms with van der Waals surface area (Å²) in [6.07, 6.45) is 3.67. The monoisotopic (exact) mass is 359 g/mol. The van der Waals surface area contributed by atoms with Gasteiger partial charge in [0.05, 0.1) is 30.6 Å². The quantitative estimate of drug-likeness (QED) is 0.522. The van der Waals surface area contributed by atoms with Crippen molar-refractivity contribution in [3.05, 3.63) is 60.6 Å². The van der Waals surface area contributed by atoms with Crippen LogP contribution in [0.25, 0.3) is 33.4 Å². The summed E-state index contributed by atoms with van der Waals surface area (Å²) >= 11 is 0. The van der Waals surface area contributed by atoms with Gasteiger partial charge in [-0.15, -0.1) is 0 Å². The van der Waals surface area contributed by atoms with Crippen LogP contribution >= 0.6 is 0 Å². The lowest BCUT2D eigenvalue weighted by Crippen LogP contribution is -2.46. The van der Waals surface area contributed by atoms with Crippen molar-refractivity contribution in [1.82, 2.24) is 25.1 Å². The number of aliphatic hydroxyl groups is 1. The van der Waals surface area contributed by atoms with Crippen molar-refractivity contribution in [3.8, 4) is 22.5 Å². The highest BCUT2D eigenvalue weighted by molar-refractivity contribution is 5.94. The van der Waals surface area contributed by atoms with E-state index in [1.165, 1.54) is 0 Å². The number of hydrogen-bond acceptors (Lipinski definition) is 4. The minimum absolute atomic E-state index is 0.110. The normalized spacial score (nSPS) is 16.3. The second-order valence-corrected chi connectivity index (χ2v) is 6.66. The predicted molar refractivity (Wildman–Crippen MR) is 101 cm³/mol. The van der Waals surface area contributed by atoms with Gasteiger partial charge in [0.2, 0.25) is 0 Å². The molecule has 0 radical (unpaired) electrons. The molecule has 3 aromatic heterocycles. The minimum Gasteiger partial charge on any atom is -0.394 e. The van der Waals surface area contributed by atoms with E-state index < -0.39 is 0 Å². The molecule has 0 bridgehead atoms. The number of carbonyl (C=O) groups is 1. The average molecular weight is 359 g/mol. The number of benzene rings is 1. The number of aromatic nitrogens is 4. The highest BCUT2D eigenvalue weighted by Gasteiger charge is 2.25. The van der Waals surface area contributed by atoms with Crippen molar-refractivity contribution >= 4 is 16.8 Å². The van der Waals surface area contributed by atoms with E-state index in [0.717, 1.165) is 27.7 Å². The van der Waals surface area contributed by atoms with E-state index in [0.29, 0.717) is 17.9 Å². The molecule has 1 aliphatic rings. The summed E-state index contributed by atoms with van der Waals surface area (Å²) in [5.41, 5.74) is 5.06. The number of fused-ring (bicyclic) bond motifs is 2. The Bertz CT molecular complexity index is 1160. The molecule has 0 spiro atoms. The number of amides is 1. The predicted octanol–water partition coefficient (Wildman–Crippen LogP) is 2.20. The average Bonchev–Trinajstić information content (AvgIpc) is 3.34. The van der Waals surface area contributed by atoms with Gasteiger partial charge in [-0.3, -0.25) is 14.5 Å². The van der Waals surface area contributed by atoms with E-state index in [1.807, 2.05) is 36.5 Å². The SMILES string of the molecule is O=C1NC(CO)Cn2nc(-c3ccnc(-c4ccc5[nH]ccc5c4)c3)cc21. The van der Waals surface area contributed by atoms with Crippen LogP contribution in [0.1, 0.15) is 10.5 Å². The van der Waals surface area contributed by atoms with Crippen LogP contribution in [-0.2, 0) is 6.54 Å². The molecule has 0 saturated heterocycles. The van der Waals surface area contributed by atoms with Gasteiger partial charge >= 0.3 is 0 Å². The Kier molecular flexibility index (Phi) is 3.54. The first-order chi connectivity index (χ1) is 13.2. The van der Waals surface area contributed by atoms with Gasteiger partial charge in [0.25, 0.3) is 5.91 Å².